The van der Waals surface area contributed by atoms with Gasteiger partial charge in [-0.3, -0.25) is 24.8 Å². The summed E-state index contributed by atoms with van der Waals surface area (Å²) in [7, 11) is 0. The van der Waals surface area contributed by atoms with Crippen molar-refractivity contribution in [2.75, 3.05) is 0 Å². The fraction of sp³-hybridized carbons (Fsp3) is 0.714. The molecule has 2 rings (SSSR count). The van der Waals surface area contributed by atoms with E-state index in [-0.39, 0.29) is 11.5 Å². The molecule has 1 aliphatic rings. The molecule has 1 aromatic rings. The lowest BCUT2D eigenvalue weighted by Crippen LogP contribution is -2.42. The molecular formula is C14H26N4O2. The second kappa shape index (κ2) is 6.74. The molecule has 0 radical (unpaired) electrons. The number of H-pyrrole nitrogens is 1. The number of aryl methyl sites for hydroxylation is 1. The van der Waals surface area contributed by atoms with Gasteiger partial charge < -0.3 is 0 Å². The molecule has 20 heavy (non-hydrogen) atoms. The van der Waals surface area contributed by atoms with Gasteiger partial charge in [0, 0.05) is 36.3 Å². The molecule has 1 aromatic heterocycles. The monoisotopic (exact) mass is 282 g/mol. The normalized spacial score (nSPS) is 19.2. The van der Waals surface area contributed by atoms with Gasteiger partial charge in [0.25, 0.3) is 5.56 Å². The summed E-state index contributed by atoms with van der Waals surface area (Å²) in [4.78, 5) is 21.6. The molecular weight excluding hydrogens is 256 g/mol. The second-order valence-corrected chi connectivity index (χ2v) is 5.81. The molecule has 0 saturated carbocycles. The maximum Gasteiger partial charge on any atom is 0.264 e. The predicted molar refractivity (Wildman–Crippen MR) is 79.4 cm³/mol. The number of rotatable bonds is 2. The van der Waals surface area contributed by atoms with Gasteiger partial charge in [-0.15, -0.1) is 0 Å². The number of nitrogens with zero attached hydrogens (tertiary/aromatic N) is 2. The molecule has 2 heterocycles. The third-order valence-electron chi connectivity index (χ3n) is 3.23. The molecule has 0 aromatic carbocycles. The highest BCUT2D eigenvalue weighted by atomic mass is 16.2. The number of hydrazine groups is 1. The lowest BCUT2D eigenvalue weighted by molar-refractivity contribution is -0.121. The van der Waals surface area contributed by atoms with Crippen LogP contribution in [0.2, 0.25) is 0 Å². The van der Waals surface area contributed by atoms with Crippen molar-refractivity contribution in [2.24, 2.45) is 0 Å². The van der Waals surface area contributed by atoms with Gasteiger partial charge in [-0.1, -0.05) is 0 Å². The van der Waals surface area contributed by atoms with E-state index in [0.29, 0.717) is 24.5 Å². The standard InChI is InChI=1S/C7H14N2O.C7H12N2O/c2*1-5(2)9-6(3)4-7(10)8-9/h5-6H,4H2,1-3H3,(H,8,10);4-5H,1-3H3,(H,8,10). The molecule has 0 spiro atoms. The van der Waals surface area contributed by atoms with E-state index in [0.717, 1.165) is 5.69 Å². The Labute approximate surface area is 120 Å². The van der Waals surface area contributed by atoms with Crippen molar-refractivity contribution in [3.8, 4) is 0 Å². The average Bonchev–Trinajstić information content (AvgIpc) is 2.82. The molecule has 6 heteroatoms. The molecule has 2 N–H and O–H groups in total. The van der Waals surface area contributed by atoms with Crippen molar-refractivity contribution in [3.63, 3.8) is 0 Å². The van der Waals surface area contributed by atoms with E-state index in [4.69, 9.17) is 0 Å². The summed E-state index contributed by atoms with van der Waals surface area (Å²) < 4.78 is 1.85. The van der Waals surface area contributed by atoms with Gasteiger partial charge in [0.15, 0.2) is 0 Å². The van der Waals surface area contributed by atoms with Crippen LogP contribution in [-0.4, -0.2) is 32.8 Å². The van der Waals surface area contributed by atoms with E-state index in [9.17, 15) is 9.59 Å². The van der Waals surface area contributed by atoms with Crippen molar-refractivity contribution >= 4 is 5.91 Å². The molecule has 1 saturated heterocycles. The molecule has 0 bridgehead atoms. The van der Waals surface area contributed by atoms with Crippen LogP contribution in [0.15, 0.2) is 10.9 Å². The van der Waals surface area contributed by atoms with E-state index in [1.54, 1.807) is 6.07 Å². The van der Waals surface area contributed by atoms with Crippen molar-refractivity contribution in [1.82, 2.24) is 20.2 Å². The first-order valence-electron chi connectivity index (χ1n) is 7.08. The van der Waals surface area contributed by atoms with Gasteiger partial charge >= 0.3 is 0 Å². The largest absolute Gasteiger partial charge is 0.288 e. The Morgan fingerprint density at radius 3 is 2.00 bits per heavy atom. The van der Waals surface area contributed by atoms with Gasteiger partial charge in [-0.25, -0.2) is 5.01 Å². The minimum atomic E-state index is -0.0220. The number of aromatic nitrogens is 2. The first kappa shape index (κ1) is 16.5. The quantitative estimate of drug-likeness (QED) is 0.865. The van der Waals surface area contributed by atoms with Crippen molar-refractivity contribution in [2.45, 2.75) is 66.1 Å². The van der Waals surface area contributed by atoms with Gasteiger partial charge in [-0.05, 0) is 41.5 Å². The van der Waals surface area contributed by atoms with E-state index in [2.05, 4.69) is 31.3 Å². The smallest absolute Gasteiger partial charge is 0.264 e. The van der Waals surface area contributed by atoms with Crippen molar-refractivity contribution in [3.05, 3.63) is 22.1 Å². The van der Waals surface area contributed by atoms with Crippen LogP contribution in [-0.2, 0) is 4.79 Å². The highest BCUT2D eigenvalue weighted by Gasteiger charge is 2.27. The van der Waals surface area contributed by atoms with E-state index >= 15 is 0 Å². The summed E-state index contributed by atoms with van der Waals surface area (Å²) in [6.07, 6.45) is 0.637. The highest BCUT2D eigenvalue weighted by Crippen LogP contribution is 2.11. The summed E-state index contributed by atoms with van der Waals surface area (Å²) in [5.74, 6) is 0.140. The third-order valence-corrected chi connectivity index (χ3v) is 3.23. The van der Waals surface area contributed by atoms with Gasteiger partial charge in [0.05, 0.1) is 0 Å². The summed E-state index contributed by atoms with van der Waals surface area (Å²) in [6.45, 7) is 12.2. The van der Waals surface area contributed by atoms with Crippen LogP contribution in [0.4, 0.5) is 0 Å². The zero-order chi connectivity index (χ0) is 15.4. The maximum absolute atomic E-state index is 10.8. The minimum absolute atomic E-state index is 0.0220. The lowest BCUT2D eigenvalue weighted by atomic mass is 10.2. The van der Waals surface area contributed by atoms with Crippen LogP contribution in [0.5, 0.6) is 0 Å². The Balaban J connectivity index is 0.000000200. The Hall–Kier alpha value is -1.56. The summed E-state index contributed by atoms with van der Waals surface area (Å²) in [5.41, 5.74) is 3.76. The molecule has 1 amide bonds. The van der Waals surface area contributed by atoms with Crippen LogP contribution < -0.4 is 11.0 Å². The number of hydrogen-bond donors (Lipinski definition) is 2. The lowest BCUT2D eigenvalue weighted by Gasteiger charge is -2.23. The number of aromatic amines is 1. The number of nitrogens with one attached hydrogen (secondary N) is 2. The fourth-order valence-corrected chi connectivity index (χ4v) is 2.34. The Kier molecular flexibility index (Phi) is 5.56. The topological polar surface area (TPSA) is 70.1 Å². The van der Waals surface area contributed by atoms with Gasteiger partial charge in [0.2, 0.25) is 5.91 Å². The van der Waals surface area contributed by atoms with E-state index < -0.39 is 0 Å². The first-order chi connectivity index (χ1) is 9.22. The van der Waals surface area contributed by atoms with Crippen molar-refractivity contribution in [1.29, 1.82) is 0 Å². The molecule has 1 atom stereocenters. The third kappa shape index (κ3) is 4.23. The number of carbonyl (C=O) groups excluding carboxylic acids is 1. The molecule has 1 aliphatic heterocycles. The number of amides is 1. The molecule has 0 aliphatic carbocycles. The Morgan fingerprint density at radius 2 is 1.80 bits per heavy atom. The maximum atomic E-state index is 10.8. The van der Waals surface area contributed by atoms with Gasteiger partial charge in [0.1, 0.15) is 0 Å². The van der Waals surface area contributed by atoms with Gasteiger partial charge in [-0.2, -0.15) is 0 Å². The fourth-order valence-electron chi connectivity index (χ4n) is 2.34. The molecule has 1 fully saturated rings. The molecule has 1 unspecified atom stereocenters. The first-order valence-corrected chi connectivity index (χ1v) is 7.08. The zero-order valence-electron chi connectivity index (χ0n) is 13.2. The summed E-state index contributed by atoms with van der Waals surface area (Å²) in [5, 5.41) is 4.69. The van der Waals surface area contributed by atoms with Crippen molar-refractivity contribution < 1.29 is 4.79 Å². The predicted octanol–water partition coefficient (Wildman–Crippen LogP) is 1.59. The van der Waals surface area contributed by atoms with Crippen LogP contribution >= 0.6 is 0 Å². The average molecular weight is 282 g/mol. The number of carbonyl (C=O) groups is 1. The van der Waals surface area contributed by atoms with Crippen LogP contribution in [0, 0.1) is 6.92 Å². The van der Waals surface area contributed by atoms with Crippen LogP contribution in [0.3, 0.4) is 0 Å². The van der Waals surface area contributed by atoms with Crippen LogP contribution in [0.25, 0.3) is 0 Å². The van der Waals surface area contributed by atoms with E-state index in [1.807, 2.05) is 30.5 Å². The second-order valence-electron chi connectivity index (χ2n) is 5.81. The molecule has 114 valence electrons. The Morgan fingerprint density at radius 1 is 1.20 bits per heavy atom. The SMILES string of the molecule is CC(C)N1NC(=O)CC1C.Cc1cc(=O)[nH]n1C(C)C. The van der Waals surface area contributed by atoms with E-state index in [1.165, 1.54) is 0 Å². The highest BCUT2D eigenvalue weighted by molar-refractivity contribution is 5.77. The Bertz CT molecular complexity index is 502. The summed E-state index contributed by atoms with van der Waals surface area (Å²) >= 11 is 0. The number of hydrogen-bond acceptors (Lipinski definition) is 3. The zero-order valence-corrected chi connectivity index (χ0v) is 13.2. The minimum Gasteiger partial charge on any atom is -0.288 e. The van der Waals surface area contributed by atoms with Crippen LogP contribution in [0.1, 0.15) is 52.8 Å². The molecule has 6 nitrogen and oxygen atoms in total. The summed E-state index contributed by atoms with van der Waals surface area (Å²) in [6, 6.07) is 2.69.